The number of hydrogen-bond donors (Lipinski definition) is 1. The molecule has 2 heterocycles. The van der Waals surface area contributed by atoms with Crippen molar-refractivity contribution in [2.75, 3.05) is 18.7 Å². The first-order valence-corrected chi connectivity index (χ1v) is 8.81. The zero-order valence-corrected chi connectivity index (χ0v) is 14.1. The zero-order chi connectivity index (χ0) is 16.4. The highest BCUT2D eigenvalue weighted by molar-refractivity contribution is 7.99. The van der Waals surface area contributed by atoms with Gasteiger partial charge in [-0.25, -0.2) is 4.98 Å². The highest BCUT2D eigenvalue weighted by atomic mass is 32.2. The van der Waals surface area contributed by atoms with E-state index in [0.29, 0.717) is 24.6 Å². The van der Waals surface area contributed by atoms with E-state index in [1.807, 2.05) is 31.2 Å². The van der Waals surface area contributed by atoms with Gasteiger partial charge in [0.05, 0.1) is 23.5 Å². The molecule has 1 aliphatic rings. The average Bonchev–Trinajstić information content (AvgIpc) is 3.19. The SMILES string of the molecule is CCC(=O)N1CSC[C@H]1C(=O)N(C)Cc1nc2ccccc2[nH]1. The van der Waals surface area contributed by atoms with Gasteiger partial charge in [0.15, 0.2) is 0 Å². The van der Waals surface area contributed by atoms with Crippen LogP contribution in [0.4, 0.5) is 0 Å². The number of fused-ring (bicyclic) bond motifs is 1. The molecule has 1 atom stereocenters. The van der Waals surface area contributed by atoms with Crippen molar-refractivity contribution < 1.29 is 9.59 Å². The maximum absolute atomic E-state index is 12.7. The van der Waals surface area contributed by atoms with Gasteiger partial charge in [-0.05, 0) is 12.1 Å². The lowest BCUT2D eigenvalue weighted by Gasteiger charge is -2.26. The first-order chi connectivity index (χ1) is 11.1. The van der Waals surface area contributed by atoms with Crippen molar-refractivity contribution in [3.8, 4) is 0 Å². The Morgan fingerprint density at radius 3 is 2.96 bits per heavy atom. The number of para-hydroxylation sites is 2. The van der Waals surface area contributed by atoms with Gasteiger partial charge in [0.25, 0.3) is 0 Å². The van der Waals surface area contributed by atoms with Crippen LogP contribution < -0.4 is 0 Å². The third kappa shape index (κ3) is 3.19. The van der Waals surface area contributed by atoms with Crippen molar-refractivity contribution in [3.05, 3.63) is 30.1 Å². The zero-order valence-electron chi connectivity index (χ0n) is 13.3. The number of carbonyl (C=O) groups is 2. The van der Waals surface area contributed by atoms with Crippen LogP contribution in [-0.4, -0.2) is 56.3 Å². The van der Waals surface area contributed by atoms with Crippen molar-refractivity contribution in [1.82, 2.24) is 19.8 Å². The fraction of sp³-hybridized carbons (Fsp3) is 0.438. The maximum atomic E-state index is 12.7. The summed E-state index contributed by atoms with van der Waals surface area (Å²) < 4.78 is 0. The minimum absolute atomic E-state index is 0.0303. The summed E-state index contributed by atoms with van der Waals surface area (Å²) >= 11 is 1.62. The number of aromatic nitrogens is 2. The number of amides is 2. The van der Waals surface area contributed by atoms with Crippen LogP contribution in [0.3, 0.4) is 0 Å². The van der Waals surface area contributed by atoms with E-state index in [1.165, 1.54) is 0 Å². The van der Waals surface area contributed by atoms with E-state index >= 15 is 0 Å². The number of aromatic amines is 1. The third-order valence-electron chi connectivity index (χ3n) is 3.99. The molecule has 0 unspecified atom stereocenters. The molecule has 7 heteroatoms. The van der Waals surface area contributed by atoms with Crippen LogP contribution in [0.5, 0.6) is 0 Å². The molecular weight excluding hydrogens is 312 g/mol. The topological polar surface area (TPSA) is 69.3 Å². The molecule has 0 spiro atoms. The predicted octanol–water partition coefficient (Wildman–Crippen LogP) is 1.83. The standard InChI is InChI=1S/C16H20N4O2S/c1-3-15(21)20-10-23-9-13(20)16(22)19(2)8-14-17-11-6-4-5-7-12(11)18-14/h4-7,13H,3,8-10H2,1-2H3,(H,17,18)/t13-/m0/s1. The summed E-state index contributed by atoms with van der Waals surface area (Å²) in [5.41, 5.74) is 1.85. The number of hydrogen-bond acceptors (Lipinski definition) is 4. The molecule has 0 radical (unpaired) electrons. The first-order valence-electron chi connectivity index (χ1n) is 7.66. The number of nitrogens with one attached hydrogen (secondary N) is 1. The van der Waals surface area contributed by atoms with Crippen molar-refractivity contribution in [2.45, 2.75) is 25.9 Å². The summed E-state index contributed by atoms with van der Waals surface area (Å²) in [6.07, 6.45) is 0.428. The van der Waals surface area contributed by atoms with Crippen molar-refractivity contribution in [2.24, 2.45) is 0 Å². The van der Waals surface area contributed by atoms with Gasteiger partial charge < -0.3 is 14.8 Å². The number of imidazole rings is 1. The van der Waals surface area contributed by atoms with E-state index in [2.05, 4.69) is 9.97 Å². The van der Waals surface area contributed by atoms with Crippen molar-refractivity contribution in [1.29, 1.82) is 0 Å². The number of likely N-dealkylation sites (N-methyl/N-ethyl adjacent to an activating group) is 1. The highest BCUT2D eigenvalue weighted by Crippen LogP contribution is 2.23. The van der Waals surface area contributed by atoms with Crippen LogP contribution in [0.1, 0.15) is 19.2 Å². The lowest BCUT2D eigenvalue weighted by Crippen LogP contribution is -2.47. The third-order valence-corrected chi connectivity index (χ3v) is 5.00. The van der Waals surface area contributed by atoms with E-state index in [9.17, 15) is 9.59 Å². The smallest absolute Gasteiger partial charge is 0.246 e. The molecule has 3 rings (SSSR count). The second kappa shape index (κ2) is 6.62. The lowest BCUT2D eigenvalue weighted by atomic mass is 10.2. The quantitative estimate of drug-likeness (QED) is 0.927. The Kier molecular flexibility index (Phi) is 4.56. The number of nitrogens with zero attached hydrogens (tertiary/aromatic N) is 3. The number of rotatable bonds is 4. The number of carbonyl (C=O) groups excluding carboxylic acids is 2. The molecule has 0 aliphatic carbocycles. The molecule has 1 aliphatic heterocycles. The Bertz CT molecular complexity index is 697. The van der Waals surface area contributed by atoms with Crippen LogP contribution >= 0.6 is 11.8 Å². The predicted molar refractivity (Wildman–Crippen MR) is 90.8 cm³/mol. The largest absolute Gasteiger partial charge is 0.340 e. The summed E-state index contributed by atoms with van der Waals surface area (Å²) in [5, 5.41) is 0. The Labute approximate surface area is 139 Å². The molecule has 1 saturated heterocycles. The summed E-state index contributed by atoms with van der Waals surface area (Å²) in [6.45, 7) is 2.23. The molecular formula is C16H20N4O2S. The minimum atomic E-state index is -0.359. The van der Waals surface area contributed by atoms with Gasteiger partial charge in [0.1, 0.15) is 11.9 Å². The number of H-pyrrole nitrogens is 1. The van der Waals surface area contributed by atoms with Gasteiger partial charge in [-0.2, -0.15) is 0 Å². The van der Waals surface area contributed by atoms with Crippen molar-refractivity contribution in [3.63, 3.8) is 0 Å². The molecule has 23 heavy (non-hydrogen) atoms. The molecule has 0 bridgehead atoms. The normalized spacial score (nSPS) is 17.7. The fourth-order valence-corrected chi connectivity index (χ4v) is 3.91. The van der Waals surface area contributed by atoms with Gasteiger partial charge in [-0.1, -0.05) is 19.1 Å². The van der Waals surface area contributed by atoms with E-state index in [4.69, 9.17) is 0 Å². The van der Waals surface area contributed by atoms with Gasteiger partial charge in [-0.15, -0.1) is 11.8 Å². The molecule has 6 nitrogen and oxygen atoms in total. The summed E-state index contributed by atoms with van der Waals surface area (Å²) in [6, 6.07) is 7.42. The van der Waals surface area contributed by atoms with Crippen molar-refractivity contribution >= 4 is 34.6 Å². The van der Waals surface area contributed by atoms with Crippen LogP contribution in [0, 0.1) is 0 Å². The van der Waals surface area contributed by atoms with E-state index in [0.717, 1.165) is 16.9 Å². The second-order valence-electron chi connectivity index (χ2n) is 5.63. The monoisotopic (exact) mass is 332 g/mol. The van der Waals surface area contributed by atoms with Gasteiger partial charge in [-0.3, -0.25) is 9.59 Å². The van der Waals surface area contributed by atoms with Gasteiger partial charge in [0.2, 0.25) is 11.8 Å². The molecule has 1 aromatic carbocycles. The number of thioether (sulfide) groups is 1. The van der Waals surface area contributed by atoms with Crippen LogP contribution in [0.2, 0.25) is 0 Å². The first kappa shape index (κ1) is 15.9. The van der Waals surface area contributed by atoms with Gasteiger partial charge in [0, 0.05) is 19.2 Å². The Morgan fingerprint density at radius 1 is 1.43 bits per heavy atom. The average molecular weight is 332 g/mol. The van der Waals surface area contributed by atoms with E-state index < -0.39 is 0 Å². The van der Waals surface area contributed by atoms with Crippen LogP contribution in [0.25, 0.3) is 11.0 Å². The van der Waals surface area contributed by atoms with Crippen LogP contribution in [-0.2, 0) is 16.1 Å². The molecule has 1 N–H and O–H groups in total. The lowest BCUT2D eigenvalue weighted by molar-refractivity contribution is -0.142. The second-order valence-corrected chi connectivity index (χ2v) is 6.63. The van der Waals surface area contributed by atoms with Gasteiger partial charge >= 0.3 is 0 Å². The summed E-state index contributed by atoms with van der Waals surface area (Å²) in [5.74, 6) is 2.01. The summed E-state index contributed by atoms with van der Waals surface area (Å²) in [7, 11) is 1.76. The van der Waals surface area contributed by atoms with E-state index in [1.54, 1.807) is 28.6 Å². The highest BCUT2D eigenvalue weighted by Gasteiger charge is 2.35. The Hall–Kier alpha value is -2.02. The Balaban J connectivity index is 1.70. The Morgan fingerprint density at radius 2 is 2.22 bits per heavy atom. The summed E-state index contributed by atoms with van der Waals surface area (Å²) in [4.78, 5) is 35.7. The molecule has 1 aromatic heterocycles. The molecule has 0 saturated carbocycles. The fourth-order valence-electron chi connectivity index (χ4n) is 2.73. The van der Waals surface area contributed by atoms with E-state index in [-0.39, 0.29) is 17.9 Å². The number of benzene rings is 1. The van der Waals surface area contributed by atoms with Crippen LogP contribution in [0.15, 0.2) is 24.3 Å². The molecule has 2 aromatic rings. The minimum Gasteiger partial charge on any atom is -0.340 e. The maximum Gasteiger partial charge on any atom is 0.246 e. The molecule has 1 fully saturated rings. The molecule has 122 valence electrons. The molecule has 2 amide bonds.